The molecule has 0 saturated heterocycles. The van der Waals surface area contributed by atoms with Crippen LogP contribution in [0.1, 0.15) is 19.5 Å². The number of carbonyl (C=O) groups is 1. The number of rotatable bonds is 8. The monoisotopic (exact) mass is 383 g/mol. The van der Waals surface area contributed by atoms with Crippen molar-refractivity contribution in [1.82, 2.24) is 20.1 Å². The molecule has 150 valence electrons. The lowest BCUT2D eigenvalue weighted by Crippen LogP contribution is -2.37. The summed E-state index contributed by atoms with van der Waals surface area (Å²) in [5.74, 6) is 0.737. The zero-order valence-electron chi connectivity index (χ0n) is 17.0. The van der Waals surface area contributed by atoms with Crippen molar-refractivity contribution in [2.45, 2.75) is 13.8 Å². The van der Waals surface area contributed by atoms with Crippen molar-refractivity contribution in [2.24, 2.45) is 15.7 Å². The third-order valence-electron chi connectivity index (χ3n) is 4.59. The summed E-state index contributed by atoms with van der Waals surface area (Å²) in [6, 6.07) is 5.53. The molecule has 1 aromatic heterocycles. The van der Waals surface area contributed by atoms with E-state index in [2.05, 4.69) is 39.0 Å². The normalized spacial score (nSPS) is 15.9. The maximum absolute atomic E-state index is 12.7. The topological polar surface area (TPSA) is 99.2 Å². The number of pyridine rings is 1. The summed E-state index contributed by atoms with van der Waals surface area (Å²) in [5, 5.41) is 3.07. The molecule has 0 fully saturated rings. The van der Waals surface area contributed by atoms with Gasteiger partial charge in [-0.25, -0.2) is 4.99 Å². The largest absolute Gasteiger partial charge is 0.383 e. The van der Waals surface area contributed by atoms with E-state index in [9.17, 15) is 4.79 Å². The van der Waals surface area contributed by atoms with Crippen molar-refractivity contribution in [3.05, 3.63) is 47.7 Å². The van der Waals surface area contributed by atoms with Crippen LogP contribution in [0, 0.1) is 0 Å². The minimum Gasteiger partial charge on any atom is -0.383 e. The van der Waals surface area contributed by atoms with Gasteiger partial charge in [0.2, 0.25) is 0 Å². The van der Waals surface area contributed by atoms with Crippen molar-refractivity contribution < 1.29 is 4.79 Å². The molecular weight excluding hydrogens is 354 g/mol. The van der Waals surface area contributed by atoms with Gasteiger partial charge in [-0.2, -0.15) is 0 Å². The molecule has 0 spiro atoms. The van der Waals surface area contributed by atoms with Crippen molar-refractivity contribution in [1.29, 1.82) is 0 Å². The molecule has 0 bridgehead atoms. The van der Waals surface area contributed by atoms with Crippen LogP contribution in [0.3, 0.4) is 0 Å². The van der Waals surface area contributed by atoms with Crippen molar-refractivity contribution in [2.75, 3.05) is 40.3 Å². The molecule has 0 saturated carbocycles. The van der Waals surface area contributed by atoms with Crippen molar-refractivity contribution in [3.8, 4) is 0 Å². The molecule has 1 aliphatic rings. The van der Waals surface area contributed by atoms with Gasteiger partial charge in [0.05, 0.1) is 16.8 Å². The summed E-state index contributed by atoms with van der Waals surface area (Å²) in [5.41, 5.74) is 7.79. The van der Waals surface area contributed by atoms with Crippen LogP contribution in [0.5, 0.6) is 0 Å². The lowest BCUT2D eigenvalue weighted by molar-refractivity contribution is -0.125. The average Bonchev–Trinajstić information content (AvgIpc) is 2.75. The highest BCUT2D eigenvalue weighted by Gasteiger charge is 2.19. The van der Waals surface area contributed by atoms with Crippen molar-refractivity contribution >= 4 is 23.5 Å². The van der Waals surface area contributed by atoms with Crippen LogP contribution in [0.4, 0.5) is 0 Å². The Bertz CT molecular complexity index is 792. The predicted octanol–water partition coefficient (Wildman–Crippen LogP) is 1.10. The number of carbonyl (C=O) groups excluding carboxylic acids is 1. The number of hydrogen-bond acceptors (Lipinski definition) is 6. The summed E-state index contributed by atoms with van der Waals surface area (Å²) in [6.45, 7) is 7.66. The second-order valence-electron chi connectivity index (χ2n) is 6.30. The summed E-state index contributed by atoms with van der Waals surface area (Å²) in [7, 11) is 3.41. The molecule has 1 aromatic rings. The molecule has 2 heterocycles. The molecule has 0 radical (unpaired) electrons. The number of nitrogens with two attached hydrogens (primary N) is 1. The molecule has 3 N–H and O–H groups in total. The molecule has 0 aliphatic carbocycles. The second-order valence-corrected chi connectivity index (χ2v) is 6.30. The predicted molar refractivity (Wildman–Crippen MR) is 114 cm³/mol. The van der Waals surface area contributed by atoms with E-state index in [0.717, 1.165) is 19.6 Å². The van der Waals surface area contributed by atoms with Gasteiger partial charge in [-0.05, 0) is 25.2 Å². The first-order chi connectivity index (χ1) is 13.5. The number of amides is 1. The van der Waals surface area contributed by atoms with Crippen LogP contribution >= 0.6 is 0 Å². The fraction of sp³-hybridized carbons (Fsp3) is 0.400. The highest BCUT2D eigenvalue weighted by Crippen LogP contribution is 2.18. The van der Waals surface area contributed by atoms with Crippen LogP contribution < -0.4 is 11.1 Å². The number of hydrogen-bond donors (Lipinski definition) is 2. The number of nitrogens with one attached hydrogen (secondary N) is 1. The fourth-order valence-corrected chi connectivity index (χ4v) is 2.76. The Morgan fingerprint density at radius 3 is 2.54 bits per heavy atom. The van der Waals surface area contributed by atoms with Crippen LogP contribution in [0.25, 0.3) is 5.57 Å². The van der Waals surface area contributed by atoms with E-state index < -0.39 is 0 Å². The Labute approximate surface area is 166 Å². The van der Waals surface area contributed by atoms with Crippen LogP contribution in [-0.4, -0.2) is 73.0 Å². The van der Waals surface area contributed by atoms with Gasteiger partial charge in [-0.1, -0.05) is 19.9 Å². The third-order valence-corrected chi connectivity index (χ3v) is 4.59. The number of aromatic nitrogens is 1. The number of nitrogens with zero attached hydrogens (tertiary/aromatic N) is 5. The number of aliphatic imine (C=N–C) groups is 2. The van der Waals surface area contributed by atoms with E-state index in [-0.39, 0.29) is 5.91 Å². The van der Waals surface area contributed by atoms with Gasteiger partial charge >= 0.3 is 0 Å². The van der Waals surface area contributed by atoms with Gasteiger partial charge in [0.1, 0.15) is 11.7 Å². The van der Waals surface area contributed by atoms with Gasteiger partial charge in [0.15, 0.2) is 0 Å². The number of amidine groups is 1. The summed E-state index contributed by atoms with van der Waals surface area (Å²) >= 11 is 0. The first-order valence-electron chi connectivity index (χ1n) is 9.38. The van der Waals surface area contributed by atoms with Gasteiger partial charge < -0.3 is 20.9 Å². The zero-order chi connectivity index (χ0) is 20.5. The number of likely N-dealkylation sites (N-methyl/N-ethyl adjacent to an activating group) is 2. The quantitative estimate of drug-likeness (QED) is 0.517. The average molecular weight is 384 g/mol. The van der Waals surface area contributed by atoms with E-state index in [0.29, 0.717) is 35.0 Å². The summed E-state index contributed by atoms with van der Waals surface area (Å²) in [6.07, 6.45) is 4.87. The minimum atomic E-state index is -0.0843. The molecule has 1 aliphatic heterocycles. The molecule has 28 heavy (non-hydrogen) atoms. The Balaban J connectivity index is 2.15. The summed E-state index contributed by atoms with van der Waals surface area (Å²) < 4.78 is 0. The molecule has 2 rings (SSSR count). The Morgan fingerprint density at radius 1 is 1.25 bits per heavy atom. The zero-order valence-corrected chi connectivity index (χ0v) is 17.0. The van der Waals surface area contributed by atoms with Gasteiger partial charge in [0, 0.05) is 45.8 Å². The smallest absolute Gasteiger partial charge is 0.256 e. The molecule has 0 unspecified atom stereocenters. The molecule has 8 heteroatoms. The van der Waals surface area contributed by atoms with Crippen LogP contribution in [0.15, 0.2) is 52.0 Å². The first kappa shape index (κ1) is 21.3. The summed E-state index contributed by atoms with van der Waals surface area (Å²) in [4.78, 5) is 29.4. The Kier molecular flexibility index (Phi) is 7.88. The fourth-order valence-electron chi connectivity index (χ4n) is 2.76. The van der Waals surface area contributed by atoms with Crippen molar-refractivity contribution in [3.63, 3.8) is 0 Å². The molecule has 1 amide bonds. The Morgan fingerprint density at radius 2 is 2.00 bits per heavy atom. The van der Waals surface area contributed by atoms with Gasteiger partial charge in [-0.3, -0.25) is 14.8 Å². The third kappa shape index (κ3) is 5.26. The lowest BCUT2D eigenvalue weighted by atomic mass is 10.1. The highest BCUT2D eigenvalue weighted by molar-refractivity contribution is 6.22. The first-order valence-corrected chi connectivity index (χ1v) is 9.38. The molecule has 0 atom stereocenters. The molecular formula is C20H29N7O. The molecule has 8 nitrogen and oxygen atoms in total. The molecule has 0 aromatic carbocycles. The Hall–Kier alpha value is -3.00. The van der Waals surface area contributed by atoms with Gasteiger partial charge in [0.25, 0.3) is 5.91 Å². The van der Waals surface area contributed by atoms with Gasteiger partial charge in [-0.15, -0.1) is 0 Å². The van der Waals surface area contributed by atoms with E-state index in [4.69, 9.17) is 5.73 Å². The van der Waals surface area contributed by atoms with E-state index >= 15 is 0 Å². The lowest BCUT2D eigenvalue weighted by Gasteiger charge is -2.24. The maximum Gasteiger partial charge on any atom is 0.256 e. The van der Waals surface area contributed by atoms with E-state index in [1.54, 1.807) is 37.6 Å². The SMILES string of the molecule is CCN(CC)CCN(C)C(=O)C1=CN/C(=C(\C(N)=N/C)c2ccccn2)N=C1. The maximum atomic E-state index is 12.7. The van der Waals surface area contributed by atoms with Crippen LogP contribution in [0.2, 0.25) is 0 Å². The minimum absolute atomic E-state index is 0.0843. The van der Waals surface area contributed by atoms with E-state index in [1.807, 2.05) is 18.2 Å². The standard InChI is InChI=1S/C20H29N7O/c1-5-27(6-2)12-11-26(4)20(28)15-13-24-19(25-14-15)17(18(21)22-3)16-9-7-8-10-23-16/h7-10,13-14,24H,5-6,11-12H2,1-4H3,(H2,21,22)/b19-17+. The highest BCUT2D eigenvalue weighted by atomic mass is 16.2. The van der Waals surface area contributed by atoms with E-state index in [1.165, 1.54) is 0 Å². The van der Waals surface area contributed by atoms with Crippen LogP contribution in [-0.2, 0) is 4.79 Å². The second kappa shape index (κ2) is 10.4.